The summed E-state index contributed by atoms with van der Waals surface area (Å²) in [4.78, 5) is 33.0. The molecule has 2 aromatic heterocycles. The average Bonchev–Trinajstić information content (AvgIpc) is 2.89. The number of carbonyl (C=O) groups is 1. The second-order valence-corrected chi connectivity index (χ2v) is 6.65. The standard InChI is InChI=1S/C15H20N4O2S/c1-11-9-22-14-13(11)16-10-19(15(14)21)4-3-12(20)18-7-5-17(2)6-8-18/h9-10H,3-8H2,1-2H3. The number of carbonyl (C=O) groups excluding carboxylic acids is 1. The molecule has 0 N–H and O–H groups in total. The molecule has 6 nitrogen and oxygen atoms in total. The summed E-state index contributed by atoms with van der Waals surface area (Å²) in [7, 11) is 2.06. The summed E-state index contributed by atoms with van der Waals surface area (Å²) in [6.45, 7) is 5.70. The van der Waals surface area contributed by atoms with Crippen LogP contribution in [-0.4, -0.2) is 58.5 Å². The first-order valence-corrected chi connectivity index (χ1v) is 8.34. The van der Waals surface area contributed by atoms with E-state index in [4.69, 9.17) is 0 Å². The lowest BCUT2D eigenvalue weighted by Gasteiger charge is -2.32. The molecule has 3 rings (SSSR count). The van der Waals surface area contributed by atoms with Gasteiger partial charge in [0, 0.05) is 39.1 Å². The van der Waals surface area contributed by atoms with Crippen LogP contribution in [0.15, 0.2) is 16.5 Å². The number of hydrogen-bond donors (Lipinski definition) is 0. The van der Waals surface area contributed by atoms with Crippen LogP contribution in [0.3, 0.4) is 0 Å². The highest BCUT2D eigenvalue weighted by molar-refractivity contribution is 7.17. The molecule has 1 saturated heterocycles. The largest absolute Gasteiger partial charge is 0.340 e. The first-order valence-electron chi connectivity index (χ1n) is 7.46. The Hall–Kier alpha value is -1.73. The molecule has 118 valence electrons. The topological polar surface area (TPSA) is 58.4 Å². The van der Waals surface area contributed by atoms with Crippen LogP contribution in [0, 0.1) is 6.92 Å². The number of nitrogens with zero attached hydrogens (tertiary/aromatic N) is 4. The molecule has 0 spiro atoms. The Labute approximate surface area is 133 Å². The van der Waals surface area contributed by atoms with E-state index < -0.39 is 0 Å². The van der Waals surface area contributed by atoms with Crippen LogP contribution in [0.2, 0.25) is 0 Å². The molecule has 1 amide bonds. The maximum Gasteiger partial charge on any atom is 0.271 e. The highest BCUT2D eigenvalue weighted by Crippen LogP contribution is 2.19. The zero-order chi connectivity index (χ0) is 15.7. The fourth-order valence-electron chi connectivity index (χ4n) is 2.65. The van der Waals surface area contributed by atoms with Gasteiger partial charge >= 0.3 is 0 Å². The molecule has 0 bridgehead atoms. The second kappa shape index (κ2) is 6.18. The normalized spacial score (nSPS) is 16.4. The van der Waals surface area contributed by atoms with Crippen molar-refractivity contribution in [1.29, 1.82) is 0 Å². The van der Waals surface area contributed by atoms with Gasteiger partial charge in [0.2, 0.25) is 5.91 Å². The third-order valence-electron chi connectivity index (χ3n) is 4.15. The fourth-order valence-corrected chi connectivity index (χ4v) is 3.60. The van der Waals surface area contributed by atoms with E-state index in [-0.39, 0.29) is 11.5 Å². The van der Waals surface area contributed by atoms with E-state index in [2.05, 4.69) is 16.9 Å². The van der Waals surface area contributed by atoms with Crippen LogP contribution >= 0.6 is 11.3 Å². The molecule has 2 aromatic rings. The van der Waals surface area contributed by atoms with E-state index in [9.17, 15) is 9.59 Å². The molecule has 1 aliphatic heterocycles. The third-order valence-corrected chi connectivity index (χ3v) is 5.22. The number of piperazine rings is 1. The van der Waals surface area contributed by atoms with E-state index in [1.807, 2.05) is 17.2 Å². The fraction of sp³-hybridized carbons (Fsp3) is 0.533. The van der Waals surface area contributed by atoms with Crippen LogP contribution in [-0.2, 0) is 11.3 Å². The van der Waals surface area contributed by atoms with Gasteiger partial charge in [-0.2, -0.15) is 0 Å². The van der Waals surface area contributed by atoms with Crippen molar-refractivity contribution in [2.45, 2.75) is 19.9 Å². The van der Waals surface area contributed by atoms with E-state index in [0.717, 1.165) is 37.3 Å². The predicted molar refractivity (Wildman–Crippen MR) is 87.3 cm³/mol. The zero-order valence-corrected chi connectivity index (χ0v) is 13.7. The molecule has 1 aliphatic rings. The van der Waals surface area contributed by atoms with Crippen LogP contribution in [0.4, 0.5) is 0 Å². The molecular formula is C15H20N4O2S. The van der Waals surface area contributed by atoms with Gasteiger partial charge in [-0.15, -0.1) is 11.3 Å². The van der Waals surface area contributed by atoms with Gasteiger partial charge in [0.05, 0.1) is 11.8 Å². The van der Waals surface area contributed by atoms with Crippen molar-refractivity contribution in [3.05, 3.63) is 27.6 Å². The molecule has 1 fully saturated rings. The Balaban J connectivity index is 1.67. The van der Waals surface area contributed by atoms with Gasteiger partial charge in [0.25, 0.3) is 5.56 Å². The van der Waals surface area contributed by atoms with Crippen LogP contribution < -0.4 is 5.56 Å². The van der Waals surface area contributed by atoms with Gasteiger partial charge in [-0.3, -0.25) is 14.2 Å². The molecule has 0 radical (unpaired) electrons. The third kappa shape index (κ3) is 2.91. The minimum Gasteiger partial charge on any atom is -0.340 e. The van der Waals surface area contributed by atoms with Crippen molar-refractivity contribution in [3.63, 3.8) is 0 Å². The van der Waals surface area contributed by atoms with Gasteiger partial charge < -0.3 is 9.80 Å². The van der Waals surface area contributed by atoms with Crippen molar-refractivity contribution in [1.82, 2.24) is 19.4 Å². The van der Waals surface area contributed by atoms with Crippen molar-refractivity contribution < 1.29 is 4.79 Å². The summed E-state index contributed by atoms with van der Waals surface area (Å²) in [5.74, 6) is 0.113. The number of likely N-dealkylation sites (N-methyl/N-ethyl adjacent to an activating group) is 1. The lowest BCUT2D eigenvalue weighted by Crippen LogP contribution is -2.47. The maximum atomic E-state index is 12.4. The predicted octanol–water partition coefficient (Wildman–Crippen LogP) is 0.931. The summed E-state index contributed by atoms with van der Waals surface area (Å²) in [5, 5.41) is 1.94. The smallest absolute Gasteiger partial charge is 0.271 e. The highest BCUT2D eigenvalue weighted by atomic mass is 32.1. The molecule has 0 atom stereocenters. The number of rotatable bonds is 3. The molecule has 22 heavy (non-hydrogen) atoms. The second-order valence-electron chi connectivity index (χ2n) is 5.77. The Bertz CT molecular complexity index is 744. The van der Waals surface area contributed by atoms with E-state index in [1.54, 1.807) is 10.9 Å². The van der Waals surface area contributed by atoms with Gasteiger partial charge in [0.1, 0.15) is 4.70 Å². The van der Waals surface area contributed by atoms with Crippen LogP contribution in [0.5, 0.6) is 0 Å². The summed E-state index contributed by atoms with van der Waals surface area (Å²) in [6.07, 6.45) is 1.91. The van der Waals surface area contributed by atoms with Crippen molar-refractivity contribution in [2.75, 3.05) is 33.2 Å². The summed E-state index contributed by atoms with van der Waals surface area (Å²) < 4.78 is 2.22. The molecule has 0 aliphatic carbocycles. The lowest BCUT2D eigenvalue weighted by molar-refractivity contribution is -0.133. The quantitative estimate of drug-likeness (QED) is 0.844. The minimum absolute atomic E-state index is 0.0470. The van der Waals surface area contributed by atoms with E-state index in [1.165, 1.54) is 11.3 Å². The van der Waals surface area contributed by atoms with E-state index in [0.29, 0.717) is 17.7 Å². The summed E-state index contributed by atoms with van der Waals surface area (Å²) in [5.41, 5.74) is 1.75. The Morgan fingerprint density at radius 3 is 2.77 bits per heavy atom. The maximum absolute atomic E-state index is 12.4. The van der Waals surface area contributed by atoms with Crippen LogP contribution in [0.25, 0.3) is 10.2 Å². The highest BCUT2D eigenvalue weighted by Gasteiger charge is 2.19. The number of fused-ring (bicyclic) bond motifs is 1. The van der Waals surface area contributed by atoms with Gasteiger partial charge in [-0.25, -0.2) is 4.98 Å². The monoisotopic (exact) mass is 320 g/mol. The van der Waals surface area contributed by atoms with Crippen molar-refractivity contribution >= 4 is 27.5 Å². The number of hydrogen-bond acceptors (Lipinski definition) is 5. The van der Waals surface area contributed by atoms with Gasteiger partial charge in [-0.1, -0.05) is 0 Å². The Kier molecular flexibility index (Phi) is 4.26. The molecule has 0 saturated carbocycles. The number of thiophene rings is 1. The number of amides is 1. The van der Waals surface area contributed by atoms with Crippen LogP contribution in [0.1, 0.15) is 12.0 Å². The minimum atomic E-state index is -0.0470. The van der Waals surface area contributed by atoms with Gasteiger partial charge in [0.15, 0.2) is 0 Å². The van der Waals surface area contributed by atoms with Crippen molar-refractivity contribution in [2.24, 2.45) is 0 Å². The summed E-state index contributed by atoms with van der Waals surface area (Å²) in [6, 6.07) is 0. The molecular weight excluding hydrogens is 300 g/mol. The molecule has 7 heteroatoms. The van der Waals surface area contributed by atoms with E-state index >= 15 is 0 Å². The first kappa shape index (κ1) is 15.2. The molecule has 3 heterocycles. The zero-order valence-electron chi connectivity index (χ0n) is 12.9. The van der Waals surface area contributed by atoms with Crippen molar-refractivity contribution in [3.8, 4) is 0 Å². The number of aryl methyl sites for hydroxylation is 2. The molecule has 0 unspecified atom stereocenters. The van der Waals surface area contributed by atoms with Gasteiger partial charge in [-0.05, 0) is 24.9 Å². The Morgan fingerprint density at radius 1 is 1.32 bits per heavy atom. The molecule has 0 aromatic carbocycles. The lowest BCUT2D eigenvalue weighted by atomic mass is 10.3. The SMILES string of the molecule is Cc1csc2c(=O)n(CCC(=O)N3CCN(C)CC3)cnc12. The Morgan fingerprint density at radius 2 is 2.05 bits per heavy atom. The summed E-state index contributed by atoms with van der Waals surface area (Å²) >= 11 is 1.42. The first-order chi connectivity index (χ1) is 10.6. The number of aromatic nitrogens is 2. The average molecular weight is 320 g/mol.